The van der Waals surface area contributed by atoms with Crippen molar-refractivity contribution < 1.29 is 17.9 Å². The van der Waals surface area contributed by atoms with Crippen molar-refractivity contribution in [2.24, 2.45) is 0 Å². The summed E-state index contributed by atoms with van der Waals surface area (Å²) in [5.74, 6) is -0.413. The van der Waals surface area contributed by atoms with Crippen molar-refractivity contribution in [3.63, 3.8) is 0 Å². The lowest BCUT2D eigenvalue weighted by atomic mass is 10.2. The van der Waals surface area contributed by atoms with E-state index in [0.717, 1.165) is 5.56 Å². The molecule has 0 unspecified atom stereocenters. The van der Waals surface area contributed by atoms with Crippen LogP contribution in [0.25, 0.3) is 0 Å². The molecule has 126 valence electrons. The molecule has 0 saturated heterocycles. The van der Waals surface area contributed by atoms with E-state index in [1.807, 2.05) is 30.3 Å². The monoisotopic (exact) mass is 346 g/mol. The molecule has 6 nitrogen and oxygen atoms in total. The van der Waals surface area contributed by atoms with Gasteiger partial charge in [0, 0.05) is 6.54 Å². The van der Waals surface area contributed by atoms with E-state index in [0.29, 0.717) is 5.69 Å². The molecule has 0 amide bonds. The molecule has 0 aromatic heterocycles. The van der Waals surface area contributed by atoms with Crippen molar-refractivity contribution in [3.8, 4) is 0 Å². The number of carbonyl (C=O) groups excluding carboxylic acids is 1. The third-order valence-electron chi connectivity index (χ3n) is 3.90. The maximum Gasteiger partial charge on any atom is 0.325 e. The van der Waals surface area contributed by atoms with E-state index in [9.17, 15) is 13.2 Å². The second-order valence-corrected chi connectivity index (χ2v) is 7.39. The van der Waals surface area contributed by atoms with Crippen LogP contribution in [0.3, 0.4) is 0 Å². The molecule has 0 atom stereocenters. The molecular weight excluding hydrogens is 328 g/mol. The Morgan fingerprint density at radius 2 is 1.75 bits per heavy atom. The molecular formula is C17H18N2O4S. The smallest absolute Gasteiger partial charge is 0.325 e. The Hall–Kier alpha value is -2.38. The Kier molecular flexibility index (Phi) is 4.55. The van der Waals surface area contributed by atoms with Gasteiger partial charge in [-0.2, -0.15) is 4.31 Å². The molecule has 1 heterocycles. The second-order valence-electron chi connectivity index (χ2n) is 5.48. The lowest BCUT2D eigenvalue weighted by molar-refractivity contribution is -0.139. The maximum atomic E-state index is 12.9. The van der Waals surface area contributed by atoms with Crippen LogP contribution in [0.5, 0.6) is 0 Å². The molecule has 0 radical (unpaired) electrons. The Morgan fingerprint density at radius 3 is 2.46 bits per heavy atom. The molecule has 0 fully saturated rings. The number of hydrogen-bond acceptors (Lipinski definition) is 5. The number of ether oxygens (including phenoxy) is 1. The van der Waals surface area contributed by atoms with E-state index in [4.69, 9.17) is 4.74 Å². The largest absolute Gasteiger partial charge is 0.468 e. The number of carbonyl (C=O) groups is 1. The molecule has 0 spiro atoms. The van der Waals surface area contributed by atoms with Crippen LogP contribution in [0.1, 0.15) is 5.56 Å². The number of fused-ring (bicyclic) bond motifs is 1. The molecule has 1 aliphatic heterocycles. The van der Waals surface area contributed by atoms with Gasteiger partial charge < -0.3 is 9.64 Å². The lowest BCUT2D eigenvalue weighted by Crippen LogP contribution is -2.47. The molecule has 0 aliphatic carbocycles. The van der Waals surface area contributed by atoms with Crippen molar-refractivity contribution in [1.29, 1.82) is 0 Å². The van der Waals surface area contributed by atoms with Crippen molar-refractivity contribution in [1.82, 2.24) is 4.31 Å². The van der Waals surface area contributed by atoms with Crippen LogP contribution in [-0.2, 0) is 26.1 Å². The number of rotatable bonds is 4. The van der Waals surface area contributed by atoms with Gasteiger partial charge in [-0.1, -0.05) is 42.5 Å². The van der Waals surface area contributed by atoms with E-state index in [1.165, 1.54) is 11.4 Å². The highest BCUT2D eigenvalue weighted by molar-refractivity contribution is 7.89. The highest BCUT2D eigenvalue weighted by Gasteiger charge is 2.35. The first-order valence-corrected chi connectivity index (χ1v) is 8.91. The van der Waals surface area contributed by atoms with Crippen LogP contribution < -0.4 is 4.90 Å². The molecule has 3 rings (SSSR count). The number of esters is 1. The summed E-state index contributed by atoms with van der Waals surface area (Å²) in [5, 5.41) is 0. The third-order valence-corrected chi connectivity index (χ3v) is 5.73. The zero-order chi connectivity index (χ0) is 17.2. The minimum Gasteiger partial charge on any atom is -0.468 e. The van der Waals surface area contributed by atoms with E-state index in [2.05, 4.69) is 0 Å². The van der Waals surface area contributed by atoms with Gasteiger partial charge in [-0.15, -0.1) is 0 Å². The van der Waals surface area contributed by atoms with Crippen molar-refractivity contribution in [2.75, 3.05) is 25.2 Å². The Labute approximate surface area is 141 Å². The minimum absolute atomic E-state index is 0.00563. The number of sulfonamides is 1. The van der Waals surface area contributed by atoms with Gasteiger partial charge in [-0.3, -0.25) is 4.79 Å². The second kappa shape index (κ2) is 6.62. The van der Waals surface area contributed by atoms with Gasteiger partial charge in [-0.05, 0) is 17.7 Å². The predicted octanol–water partition coefficient (Wildman–Crippen LogP) is 1.83. The number of hydrogen-bond donors (Lipinski definition) is 0. The molecule has 0 bridgehead atoms. The first kappa shape index (κ1) is 16.5. The summed E-state index contributed by atoms with van der Waals surface area (Å²) in [6.45, 7) is 0.340. The van der Waals surface area contributed by atoms with Crippen LogP contribution in [0.15, 0.2) is 59.5 Å². The zero-order valence-electron chi connectivity index (χ0n) is 13.3. The summed E-state index contributed by atoms with van der Waals surface area (Å²) < 4.78 is 31.9. The highest BCUT2D eigenvalue weighted by atomic mass is 32.2. The zero-order valence-corrected chi connectivity index (χ0v) is 14.1. The van der Waals surface area contributed by atoms with Gasteiger partial charge in [0.05, 0.1) is 19.5 Å². The third kappa shape index (κ3) is 3.13. The van der Waals surface area contributed by atoms with Crippen LogP contribution in [0.2, 0.25) is 0 Å². The molecule has 24 heavy (non-hydrogen) atoms. The van der Waals surface area contributed by atoms with E-state index in [1.54, 1.807) is 29.2 Å². The van der Waals surface area contributed by atoms with Crippen molar-refractivity contribution >= 4 is 21.7 Å². The van der Waals surface area contributed by atoms with E-state index >= 15 is 0 Å². The van der Waals surface area contributed by atoms with Crippen LogP contribution >= 0.6 is 0 Å². The standard InChI is InChI=1S/C17H18N2O4S/c1-23-17(20)12-18-13-19(11-14-7-3-2-4-8-14)24(21,22)16-10-6-5-9-15(16)18/h2-10H,11-13H2,1H3. The predicted molar refractivity (Wildman–Crippen MR) is 89.8 cm³/mol. The van der Waals surface area contributed by atoms with Gasteiger partial charge in [-0.25, -0.2) is 8.42 Å². The Morgan fingerprint density at radius 1 is 1.08 bits per heavy atom. The van der Waals surface area contributed by atoms with Crippen LogP contribution in [0.4, 0.5) is 5.69 Å². The summed E-state index contributed by atoms with van der Waals surface area (Å²) in [6.07, 6.45) is 0. The fourth-order valence-corrected chi connectivity index (χ4v) is 4.30. The number of methoxy groups -OCH3 is 1. The molecule has 0 N–H and O–H groups in total. The van der Waals surface area contributed by atoms with Crippen LogP contribution in [-0.4, -0.2) is 39.0 Å². The maximum absolute atomic E-state index is 12.9. The summed E-state index contributed by atoms with van der Waals surface area (Å²) in [7, 11) is -2.30. The molecule has 0 saturated carbocycles. The normalized spacial score (nSPS) is 16.5. The van der Waals surface area contributed by atoms with Gasteiger partial charge >= 0.3 is 5.97 Å². The molecule has 7 heteroatoms. The summed E-state index contributed by atoms with van der Waals surface area (Å²) in [4.78, 5) is 13.6. The average molecular weight is 346 g/mol. The fourth-order valence-electron chi connectivity index (χ4n) is 2.70. The van der Waals surface area contributed by atoms with Gasteiger partial charge in [0.15, 0.2) is 0 Å². The number of nitrogens with zero attached hydrogens (tertiary/aromatic N) is 2. The number of benzene rings is 2. The summed E-state index contributed by atoms with van der Waals surface area (Å²) in [6, 6.07) is 16.1. The molecule has 2 aromatic rings. The van der Waals surface area contributed by atoms with Gasteiger partial charge in [0.2, 0.25) is 10.0 Å². The first-order valence-electron chi connectivity index (χ1n) is 7.47. The SMILES string of the molecule is COC(=O)CN1CN(Cc2ccccc2)S(=O)(=O)c2ccccc21. The van der Waals surface area contributed by atoms with Gasteiger partial charge in [0.25, 0.3) is 0 Å². The van der Waals surface area contributed by atoms with Crippen molar-refractivity contribution in [2.45, 2.75) is 11.4 Å². The topological polar surface area (TPSA) is 66.9 Å². The number of para-hydroxylation sites is 1. The fraction of sp³-hybridized carbons (Fsp3) is 0.235. The molecule has 2 aromatic carbocycles. The van der Waals surface area contributed by atoms with E-state index in [-0.39, 0.29) is 24.7 Å². The molecule has 1 aliphatic rings. The quantitative estimate of drug-likeness (QED) is 0.790. The Bertz CT molecular complexity index is 837. The highest BCUT2D eigenvalue weighted by Crippen LogP contribution is 2.33. The Balaban J connectivity index is 1.98. The first-order chi connectivity index (χ1) is 11.5. The van der Waals surface area contributed by atoms with Crippen LogP contribution in [0, 0.1) is 0 Å². The van der Waals surface area contributed by atoms with Crippen molar-refractivity contribution in [3.05, 3.63) is 60.2 Å². The average Bonchev–Trinajstić information content (AvgIpc) is 2.60. The van der Waals surface area contributed by atoms with E-state index < -0.39 is 16.0 Å². The summed E-state index contributed by atoms with van der Waals surface area (Å²) in [5.41, 5.74) is 1.41. The van der Waals surface area contributed by atoms with Gasteiger partial charge in [0.1, 0.15) is 11.4 Å². The number of anilines is 1. The summed E-state index contributed by atoms with van der Waals surface area (Å²) >= 11 is 0. The lowest BCUT2D eigenvalue weighted by Gasteiger charge is -2.37. The minimum atomic E-state index is -3.62.